The quantitative estimate of drug-likeness (QED) is 0.880. The van der Waals surface area contributed by atoms with Crippen LogP contribution in [0.5, 0.6) is 0 Å². The fraction of sp³-hybridized carbons (Fsp3) is 0.333. The highest BCUT2D eigenvalue weighted by Gasteiger charge is 2.04. The Balaban J connectivity index is 3.15. The van der Waals surface area contributed by atoms with Gasteiger partial charge in [0, 0.05) is 5.41 Å². The standard InChI is InChI=1S/C12H17NO2S/c1-9(2)11-5-4-6-12(7-11)10(3)8-16(13,14)15/h4-9H,1-3H3,(H2,13,14,15)/b10-8-. The van der Waals surface area contributed by atoms with Crippen molar-refractivity contribution in [3.63, 3.8) is 0 Å². The highest BCUT2D eigenvalue weighted by Crippen LogP contribution is 2.20. The molecule has 0 aliphatic rings. The van der Waals surface area contributed by atoms with Gasteiger partial charge in [-0.05, 0) is 29.5 Å². The predicted molar refractivity (Wildman–Crippen MR) is 67.3 cm³/mol. The van der Waals surface area contributed by atoms with Crippen LogP contribution in [0, 0.1) is 0 Å². The van der Waals surface area contributed by atoms with Crippen LogP contribution in [0.15, 0.2) is 29.7 Å². The third-order valence-corrected chi connectivity index (χ3v) is 3.03. The van der Waals surface area contributed by atoms with E-state index < -0.39 is 10.0 Å². The highest BCUT2D eigenvalue weighted by atomic mass is 32.2. The molecule has 0 bridgehead atoms. The van der Waals surface area contributed by atoms with Gasteiger partial charge in [-0.2, -0.15) is 0 Å². The number of allylic oxidation sites excluding steroid dienone is 1. The molecule has 0 fully saturated rings. The zero-order valence-corrected chi connectivity index (χ0v) is 10.6. The molecular formula is C12H17NO2S. The second-order valence-electron chi connectivity index (χ2n) is 4.17. The molecule has 16 heavy (non-hydrogen) atoms. The van der Waals surface area contributed by atoms with Gasteiger partial charge in [0.1, 0.15) is 0 Å². The van der Waals surface area contributed by atoms with E-state index in [4.69, 9.17) is 5.14 Å². The van der Waals surface area contributed by atoms with Crippen molar-refractivity contribution in [3.05, 3.63) is 40.8 Å². The third-order valence-electron chi connectivity index (χ3n) is 2.35. The topological polar surface area (TPSA) is 60.2 Å². The van der Waals surface area contributed by atoms with Crippen molar-refractivity contribution in [2.24, 2.45) is 5.14 Å². The minimum absolute atomic E-state index is 0.419. The zero-order chi connectivity index (χ0) is 12.3. The second kappa shape index (κ2) is 4.80. The first kappa shape index (κ1) is 12.9. The third kappa shape index (κ3) is 3.79. The maximum absolute atomic E-state index is 10.9. The summed E-state index contributed by atoms with van der Waals surface area (Å²) < 4.78 is 21.9. The van der Waals surface area contributed by atoms with Crippen LogP contribution in [0.2, 0.25) is 0 Å². The lowest BCUT2D eigenvalue weighted by molar-refractivity contribution is 0.606. The van der Waals surface area contributed by atoms with E-state index in [2.05, 4.69) is 13.8 Å². The summed E-state index contributed by atoms with van der Waals surface area (Å²) in [5, 5.41) is 6.06. The number of rotatable bonds is 3. The lowest BCUT2D eigenvalue weighted by atomic mass is 9.99. The Morgan fingerprint density at radius 2 is 2.00 bits per heavy atom. The summed E-state index contributed by atoms with van der Waals surface area (Å²) in [6.07, 6.45) is 0. The van der Waals surface area contributed by atoms with Gasteiger partial charge in [-0.3, -0.25) is 0 Å². The molecule has 0 aliphatic heterocycles. The van der Waals surface area contributed by atoms with E-state index in [0.717, 1.165) is 11.0 Å². The Bertz CT molecular complexity index is 502. The summed E-state index contributed by atoms with van der Waals surface area (Å²) in [6, 6.07) is 7.81. The molecule has 1 aromatic carbocycles. The number of primary sulfonamides is 1. The molecular weight excluding hydrogens is 222 g/mol. The van der Waals surface area contributed by atoms with E-state index in [1.807, 2.05) is 24.3 Å². The lowest BCUT2D eigenvalue weighted by Gasteiger charge is -2.08. The van der Waals surface area contributed by atoms with Crippen molar-refractivity contribution in [1.29, 1.82) is 0 Å². The van der Waals surface area contributed by atoms with Gasteiger partial charge in [0.15, 0.2) is 0 Å². The molecule has 1 aromatic rings. The first-order valence-electron chi connectivity index (χ1n) is 5.11. The Morgan fingerprint density at radius 1 is 1.38 bits per heavy atom. The summed E-state index contributed by atoms with van der Waals surface area (Å²) >= 11 is 0. The molecule has 1 rings (SSSR count). The summed E-state index contributed by atoms with van der Waals surface area (Å²) in [5.41, 5.74) is 2.73. The Hall–Kier alpha value is -1.13. The normalized spacial score (nSPS) is 13.2. The van der Waals surface area contributed by atoms with Gasteiger partial charge in [-0.1, -0.05) is 38.1 Å². The largest absolute Gasteiger partial charge is 0.231 e. The average molecular weight is 239 g/mol. The molecule has 4 heteroatoms. The summed E-state index contributed by atoms with van der Waals surface area (Å²) in [7, 11) is -3.57. The van der Waals surface area contributed by atoms with Gasteiger partial charge in [0.2, 0.25) is 10.0 Å². The molecule has 0 aliphatic carbocycles. The van der Waals surface area contributed by atoms with E-state index in [9.17, 15) is 8.42 Å². The van der Waals surface area contributed by atoms with Crippen LogP contribution in [0.1, 0.15) is 37.8 Å². The molecule has 0 saturated heterocycles. The van der Waals surface area contributed by atoms with Gasteiger partial charge in [0.05, 0.1) is 0 Å². The second-order valence-corrected chi connectivity index (χ2v) is 5.58. The van der Waals surface area contributed by atoms with Crippen molar-refractivity contribution >= 4 is 15.6 Å². The molecule has 0 atom stereocenters. The molecule has 0 amide bonds. The molecule has 0 aromatic heterocycles. The van der Waals surface area contributed by atoms with Gasteiger partial charge in [-0.25, -0.2) is 13.6 Å². The minimum atomic E-state index is -3.57. The maximum atomic E-state index is 10.9. The van der Waals surface area contributed by atoms with Crippen molar-refractivity contribution in [2.75, 3.05) is 0 Å². The van der Waals surface area contributed by atoms with Crippen molar-refractivity contribution in [3.8, 4) is 0 Å². The number of nitrogens with two attached hydrogens (primary N) is 1. The van der Waals surface area contributed by atoms with Gasteiger partial charge in [-0.15, -0.1) is 0 Å². The predicted octanol–water partition coefficient (Wildman–Crippen LogP) is 2.46. The monoisotopic (exact) mass is 239 g/mol. The average Bonchev–Trinajstić information content (AvgIpc) is 2.15. The van der Waals surface area contributed by atoms with Crippen molar-refractivity contribution in [2.45, 2.75) is 26.7 Å². The molecule has 0 unspecified atom stereocenters. The summed E-state index contributed by atoms with van der Waals surface area (Å²) in [6.45, 7) is 5.93. The van der Waals surface area contributed by atoms with E-state index in [-0.39, 0.29) is 0 Å². The van der Waals surface area contributed by atoms with Crippen molar-refractivity contribution in [1.82, 2.24) is 0 Å². The molecule has 3 nitrogen and oxygen atoms in total. The van der Waals surface area contributed by atoms with E-state index in [0.29, 0.717) is 11.5 Å². The van der Waals surface area contributed by atoms with Crippen LogP contribution >= 0.6 is 0 Å². The van der Waals surface area contributed by atoms with Crippen LogP contribution in [0.25, 0.3) is 5.57 Å². The number of benzene rings is 1. The van der Waals surface area contributed by atoms with Crippen LogP contribution in [0.4, 0.5) is 0 Å². The van der Waals surface area contributed by atoms with Gasteiger partial charge in [0.25, 0.3) is 0 Å². The number of sulfonamides is 1. The van der Waals surface area contributed by atoms with Gasteiger partial charge < -0.3 is 0 Å². The zero-order valence-electron chi connectivity index (χ0n) is 9.77. The molecule has 88 valence electrons. The summed E-state index contributed by atoms with van der Waals surface area (Å²) in [5.74, 6) is 0.419. The van der Waals surface area contributed by atoms with Crippen LogP contribution < -0.4 is 5.14 Å². The highest BCUT2D eigenvalue weighted by molar-refractivity contribution is 7.92. The minimum Gasteiger partial charge on any atom is -0.225 e. The van der Waals surface area contributed by atoms with Gasteiger partial charge >= 0.3 is 0 Å². The molecule has 0 saturated carbocycles. The Kier molecular flexibility index (Phi) is 3.88. The fourth-order valence-electron chi connectivity index (χ4n) is 1.46. The number of hydrogen-bond acceptors (Lipinski definition) is 2. The number of hydrogen-bond donors (Lipinski definition) is 1. The molecule has 0 spiro atoms. The first-order chi connectivity index (χ1) is 7.29. The van der Waals surface area contributed by atoms with E-state index in [1.54, 1.807) is 6.92 Å². The van der Waals surface area contributed by atoms with Crippen molar-refractivity contribution < 1.29 is 8.42 Å². The first-order valence-corrected chi connectivity index (χ1v) is 6.72. The molecule has 0 radical (unpaired) electrons. The van der Waals surface area contributed by atoms with E-state index in [1.165, 1.54) is 5.56 Å². The maximum Gasteiger partial charge on any atom is 0.231 e. The van der Waals surface area contributed by atoms with Crippen LogP contribution in [0.3, 0.4) is 0 Å². The lowest BCUT2D eigenvalue weighted by Crippen LogP contribution is -2.07. The Labute approximate surface area is 97.0 Å². The molecule has 2 N–H and O–H groups in total. The van der Waals surface area contributed by atoms with Crippen LogP contribution in [-0.2, 0) is 10.0 Å². The summed E-state index contributed by atoms with van der Waals surface area (Å²) in [4.78, 5) is 0. The van der Waals surface area contributed by atoms with Crippen LogP contribution in [-0.4, -0.2) is 8.42 Å². The SMILES string of the molecule is C/C(=C/S(N)(=O)=O)c1cccc(C(C)C)c1. The Morgan fingerprint density at radius 3 is 2.50 bits per heavy atom. The van der Waals surface area contributed by atoms with E-state index >= 15 is 0 Å². The molecule has 0 heterocycles. The smallest absolute Gasteiger partial charge is 0.225 e. The fourth-order valence-corrected chi connectivity index (χ4v) is 2.09.